The highest BCUT2D eigenvalue weighted by Gasteiger charge is 2.16. The molecule has 272 valence electrons. The van der Waals surface area contributed by atoms with Gasteiger partial charge in [0.05, 0.1) is 13.1 Å². The van der Waals surface area contributed by atoms with E-state index >= 15 is 0 Å². The fourth-order valence-electron chi connectivity index (χ4n) is 5.55. The lowest BCUT2D eigenvalue weighted by molar-refractivity contribution is -0.120. The maximum atomic E-state index is 13.2. The standard InChI is InChI=1S/C36H37N11O6/c37-17-31(48)39-7-9-41-34(51)28-15-21-12-23(2-5-26(21)45-28)43-33(50)19-1-4-25-20(11-19)14-30(47-25)36(53)44-24-3-6-27-22(13-24)16-29(46-27)35(52)42-10-8-40-32(49)18-38/h1-6,11-16,45-47H,7-10,17-18,37-38H2,(H,39,48)(H,40,49)(H,41,51)(H,42,52)(H,43,50)(H,44,53). The van der Waals surface area contributed by atoms with Gasteiger partial charge in [-0.3, -0.25) is 28.8 Å². The quantitative estimate of drug-likeness (QED) is 0.0727. The molecule has 17 nitrogen and oxygen atoms in total. The van der Waals surface area contributed by atoms with Gasteiger partial charge in [-0.25, -0.2) is 0 Å². The Labute approximate surface area is 301 Å². The summed E-state index contributed by atoms with van der Waals surface area (Å²) in [5.74, 6) is -2.07. The van der Waals surface area contributed by atoms with Gasteiger partial charge in [0.2, 0.25) is 11.8 Å². The zero-order valence-electron chi connectivity index (χ0n) is 28.3. The van der Waals surface area contributed by atoms with Crippen molar-refractivity contribution in [2.45, 2.75) is 0 Å². The number of amides is 6. The van der Waals surface area contributed by atoms with Gasteiger partial charge in [0.25, 0.3) is 23.6 Å². The molecule has 0 saturated heterocycles. The molecule has 0 fully saturated rings. The number of fused-ring (bicyclic) bond motifs is 3. The van der Waals surface area contributed by atoms with Crippen LogP contribution in [0.2, 0.25) is 0 Å². The molecule has 6 amide bonds. The van der Waals surface area contributed by atoms with Crippen LogP contribution in [0, 0.1) is 0 Å². The molecule has 0 unspecified atom stereocenters. The second-order valence-corrected chi connectivity index (χ2v) is 12.0. The zero-order valence-corrected chi connectivity index (χ0v) is 28.3. The Hall–Kier alpha value is -6.98. The van der Waals surface area contributed by atoms with Crippen molar-refractivity contribution in [2.75, 3.05) is 49.9 Å². The first-order valence-corrected chi connectivity index (χ1v) is 16.6. The van der Waals surface area contributed by atoms with E-state index in [0.29, 0.717) is 61.0 Å². The molecule has 6 aromatic rings. The van der Waals surface area contributed by atoms with Crippen molar-refractivity contribution in [3.8, 4) is 0 Å². The monoisotopic (exact) mass is 719 g/mol. The number of aromatic amines is 3. The maximum Gasteiger partial charge on any atom is 0.272 e. The molecule has 0 atom stereocenters. The highest BCUT2D eigenvalue weighted by atomic mass is 16.2. The fourth-order valence-corrected chi connectivity index (χ4v) is 5.55. The Kier molecular flexibility index (Phi) is 10.8. The number of H-pyrrole nitrogens is 3. The Morgan fingerprint density at radius 1 is 0.453 bits per heavy atom. The number of aromatic nitrogens is 3. The van der Waals surface area contributed by atoms with Gasteiger partial charge < -0.3 is 58.3 Å². The second-order valence-electron chi connectivity index (χ2n) is 12.0. The molecular weight excluding hydrogens is 682 g/mol. The zero-order chi connectivity index (χ0) is 37.5. The average molecular weight is 720 g/mol. The molecule has 0 aliphatic heterocycles. The third-order valence-corrected chi connectivity index (χ3v) is 8.21. The van der Waals surface area contributed by atoms with Crippen LogP contribution < -0.4 is 43.4 Å². The highest BCUT2D eigenvalue weighted by molar-refractivity contribution is 6.10. The van der Waals surface area contributed by atoms with Crippen LogP contribution in [0.4, 0.5) is 11.4 Å². The molecule has 6 rings (SSSR count). The lowest BCUT2D eigenvalue weighted by atomic mass is 10.1. The number of nitrogens with two attached hydrogens (primary N) is 2. The van der Waals surface area contributed by atoms with Crippen molar-refractivity contribution in [2.24, 2.45) is 11.5 Å². The second kappa shape index (κ2) is 15.9. The lowest BCUT2D eigenvalue weighted by Gasteiger charge is -2.05. The van der Waals surface area contributed by atoms with Crippen molar-refractivity contribution in [1.29, 1.82) is 0 Å². The van der Waals surface area contributed by atoms with Crippen LogP contribution in [-0.4, -0.2) is 89.7 Å². The number of carbonyl (C=O) groups is 6. The Balaban J connectivity index is 1.05. The van der Waals surface area contributed by atoms with Crippen LogP contribution in [0.3, 0.4) is 0 Å². The summed E-state index contributed by atoms with van der Waals surface area (Å²) in [6, 6.07) is 20.4. The number of nitrogens with one attached hydrogen (secondary N) is 9. The number of rotatable bonds is 14. The summed E-state index contributed by atoms with van der Waals surface area (Å²) in [7, 11) is 0. The van der Waals surface area contributed by atoms with Crippen LogP contribution in [0.1, 0.15) is 41.8 Å². The van der Waals surface area contributed by atoms with Gasteiger partial charge in [-0.15, -0.1) is 0 Å². The number of hydrogen-bond acceptors (Lipinski definition) is 8. The van der Waals surface area contributed by atoms with E-state index < -0.39 is 5.91 Å². The molecule has 3 aromatic heterocycles. The fraction of sp³-hybridized carbons (Fsp3) is 0.167. The number of benzene rings is 3. The van der Waals surface area contributed by atoms with E-state index in [-0.39, 0.29) is 74.5 Å². The van der Waals surface area contributed by atoms with Crippen LogP contribution >= 0.6 is 0 Å². The van der Waals surface area contributed by atoms with Crippen LogP contribution in [0.15, 0.2) is 72.8 Å². The van der Waals surface area contributed by atoms with Gasteiger partial charge in [0.1, 0.15) is 17.1 Å². The molecule has 0 bridgehead atoms. The summed E-state index contributed by atoms with van der Waals surface area (Å²) in [5, 5.41) is 18.4. The van der Waals surface area contributed by atoms with E-state index in [1.165, 1.54) is 0 Å². The number of carbonyl (C=O) groups excluding carboxylic acids is 6. The van der Waals surface area contributed by atoms with Crippen molar-refractivity contribution in [3.05, 3.63) is 95.4 Å². The molecule has 0 spiro atoms. The van der Waals surface area contributed by atoms with Gasteiger partial charge in [-0.05, 0) is 72.8 Å². The molecule has 0 saturated carbocycles. The minimum absolute atomic E-state index is 0.125. The van der Waals surface area contributed by atoms with Crippen LogP contribution in [0.25, 0.3) is 32.7 Å². The predicted molar refractivity (Wildman–Crippen MR) is 200 cm³/mol. The third kappa shape index (κ3) is 8.67. The summed E-state index contributed by atoms with van der Waals surface area (Å²) >= 11 is 0. The number of anilines is 2. The predicted octanol–water partition coefficient (Wildman–Crippen LogP) is 1.24. The van der Waals surface area contributed by atoms with E-state index in [0.717, 1.165) is 0 Å². The van der Waals surface area contributed by atoms with Crippen LogP contribution in [-0.2, 0) is 9.59 Å². The number of hydrogen-bond donors (Lipinski definition) is 11. The van der Waals surface area contributed by atoms with E-state index in [4.69, 9.17) is 11.5 Å². The average Bonchev–Trinajstić information content (AvgIpc) is 3.91. The largest absolute Gasteiger partial charge is 0.353 e. The third-order valence-electron chi connectivity index (χ3n) is 8.21. The normalized spacial score (nSPS) is 11.0. The van der Waals surface area contributed by atoms with Gasteiger partial charge in [-0.1, -0.05) is 0 Å². The molecule has 0 radical (unpaired) electrons. The topological polar surface area (TPSA) is 274 Å². The summed E-state index contributed by atoms with van der Waals surface area (Å²) in [6.07, 6.45) is 0. The lowest BCUT2D eigenvalue weighted by Crippen LogP contribution is -2.37. The summed E-state index contributed by atoms with van der Waals surface area (Å²) < 4.78 is 0. The van der Waals surface area contributed by atoms with Crippen molar-refractivity contribution >= 4 is 79.5 Å². The Morgan fingerprint density at radius 2 is 0.849 bits per heavy atom. The highest BCUT2D eigenvalue weighted by Crippen LogP contribution is 2.24. The Morgan fingerprint density at radius 3 is 1.32 bits per heavy atom. The van der Waals surface area contributed by atoms with Gasteiger partial charge >= 0.3 is 0 Å². The molecule has 13 N–H and O–H groups in total. The smallest absolute Gasteiger partial charge is 0.272 e. The summed E-state index contributed by atoms with van der Waals surface area (Å²) in [6.45, 7) is 0.711. The van der Waals surface area contributed by atoms with Crippen molar-refractivity contribution in [1.82, 2.24) is 36.2 Å². The van der Waals surface area contributed by atoms with E-state index in [9.17, 15) is 28.8 Å². The SMILES string of the molecule is NCC(=O)NCCNC(=O)c1cc2cc(NC(=O)c3ccc4[nH]c(C(=O)Nc5ccc6[nH]c(C(=O)NCCNC(=O)CN)cc6c5)cc4c3)ccc2[nH]1. The minimum Gasteiger partial charge on any atom is -0.353 e. The van der Waals surface area contributed by atoms with E-state index in [1.54, 1.807) is 72.8 Å². The molecule has 3 heterocycles. The summed E-state index contributed by atoms with van der Waals surface area (Å²) in [4.78, 5) is 83.1. The van der Waals surface area contributed by atoms with Gasteiger partial charge in [0, 0.05) is 75.8 Å². The van der Waals surface area contributed by atoms with Gasteiger partial charge in [-0.2, -0.15) is 0 Å². The first-order chi connectivity index (χ1) is 25.6. The van der Waals surface area contributed by atoms with E-state index in [1.807, 2.05) is 0 Å². The molecule has 53 heavy (non-hydrogen) atoms. The van der Waals surface area contributed by atoms with Gasteiger partial charge in [0.15, 0.2) is 0 Å². The van der Waals surface area contributed by atoms with E-state index in [2.05, 4.69) is 46.9 Å². The molecule has 17 heteroatoms. The first kappa shape index (κ1) is 35.8. The first-order valence-electron chi connectivity index (χ1n) is 16.6. The maximum absolute atomic E-state index is 13.2. The Bertz CT molecular complexity index is 2250. The molecule has 0 aliphatic rings. The van der Waals surface area contributed by atoms with Crippen molar-refractivity contribution < 1.29 is 28.8 Å². The van der Waals surface area contributed by atoms with Crippen molar-refractivity contribution in [3.63, 3.8) is 0 Å². The molecule has 0 aliphatic carbocycles. The van der Waals surface area contributed by atoms with Crippen LogP contribution in [0.5, 0.6) is 0 Å². The minimum atomic E-state index is -0.397. The molecule has 3 aromatic carbocycles. The molecular formula is C36H37N11O6. The summed E-state index contributed by atoms with van der Waals surface area (Å²) in [5.41, 5.74) is 14.9.